The molecule has 1 aromatic carbocycles. The summed E-state index contributed by atoms with van der Waals surface area (Å²) in [6, 6.07) is 4.58. The summed E-state index contributed by atoms with van der Waals surface area (Å²) in [7, 11) is 7.14. The summed E-state index contributed by atoms with van der Waals surface area (Å²) in [4.78, 5) is 98.3. The predicted molar refractivity (Wildman–Crippen MR) is 253 cm³/mol. The third kappa shape index (κ3) is 16.4. The number of benzene rings is 1. The molecule has 2 fully saturated rings. The minimum atomic E-state index is -1.69. The Morgan fingerprint density at radius 1 is 0.500 bits per heavy atom. The van der Waals surface area contributed by atoms with E-state index >= 15 is 0 Å². The number of carbonyl (C=O) groups excluding carboxylic acids is 7. The number of carbonyl (C=O) groups is 7. The molecule has 0 aliphatic heterocycles. The van der Waals surface area contributed by atoms with Gasteiger partial charge in [-0.3, -0.25) is 24.0 Å². The van der Waals surface area contributed by atoms with Crippen LogP contribution in [-0.2, 0) is 63.8 Å². The first-order valence-corrected chi connectivity index (χ1v) is 23.8. The Kier molecular flexibility index (Phi) is 22.6. The zero-order valence-electron chi connectivity index (χ0n) is 42.5. The van der Waals surface area contributed by atoms with Gasteiger partial charge in [-0.25, -0.2) is 9.59 Å². The lowest BCUT2D eigenvalue weighted by Crippen LogP contribution is -2.65. The largest absolute Gasteiger partial charge is 0.467 e. The van der Waals surface area contributed by atoms with Gasteiger partial charge in [0, 0.05) is 54.1 Å². The molecular formula is C49H80N6O13. The summed E-state index contributed by atoms with van der Waals surface area (Å²) in [5.74, 6) is -4.26. The Morgan fingerprint density at radius 3 is 1.22 bits per heavy atom. The Bertz CT molecular complexity index is 1800. The lowest BCUT2D eigenvalue weighted by Gasteiger charge is -2.34. The molecule has 1 aromatic rings. The molecule has 0 saturated heterocycles. The first-order chi connectivity index (χ1) is 32.1. The molecule has 6 amide bonds. The van der Waals surface area contributed by atoms with Crippen molar-refractivity contribution in [2.24, 2.45) is 23.7 Å². The summed E-state index contributed by atoms with van der Waals surface area (Å²) < 4.78 is 33.2. The van der Waals surface area contributed by atoms with Crippen LogP contribution in [0.5, 0.6) is 0 Å². The van der Waals surface area contributed by atoms with Gasteiger partial charge in [-0.15, -0.1) is 0 Å². The van der Waals surface area contributed by atoms with Crippen LogP contribution in [0.15, 0.2) is 30.3 Å². The lowest BCUT2D eigenvalue weighted by atomic mass is 9.92. The minimum Gasteiger partial charge on any atom is -0.467 e. The number of methoxy groups -OCH3 is 5. The molecule has 0 unspecified atom stereocenters. The number of rotatable bonds is 26. The first-order valence-electron chi connectivity index (χ1n) is 23.8. The maximum Gasteiger partial charge on any atom is 0.408 e. The predicted octanol–water partition coefficient (Wildman–Crippen LogP) is 3.45. The SMILES string of the molecule is COC(=O)C1(NC(=O)[C@H](CC(C)C)NC(=O)[C@H](CC(C)C)NC(=O)C2(NC(=O)[C@H](CC(C)C)NC(=O)[C@H](CC(C)C)NC(=O)OCc3ccccc3)C[C@H](OC)[C@@H](OC)C2)C[C@H](OC)[C@@H](OC)C1. The Hall–Kier alpha value is -4.85. The van der Waals surface area contributed by atoms with Gasteiger partial charge in [0.05, 0.1) is 31.5 Å². The highest BCUT2D eigenvalue weighted by Gasteiger charge is 2.55. The Labute approximate surface area is 402 Å². The third-order valence-electron chi connectivity index (χ3n) is 12.5. The maximum atomic E-state index is 14.9. The number of ether oxygens (including phenoxy) is 6. The minimum absolute atomic E-state index is 0.00724. The highest BCUT2D eigenvalue weighted by Crippen LogP contribution is 2.36. The van der Waals surface area contributed by atoms with E-state index in [1.54, 1.807) is 0 Å². The molecule has 8 atom stereocenters. The van der Waals surface area contributed by atoms with E-state index in [0.717, 1.165) is 5.56 Å². The van der Waals surface area contributed by atoms with Crippen LogP contribution in [0, 0.1) is 23.7 Å². The van der Waals surface area contributed by atoms with Crippen molar-refractivity contribution in [2.75, 3.05) is 35.5 Å². The van der Waals surface area contributed by atoms with Gasteiger partial charge in [0.15, 0.2) is 0 Å². The van der Waals surface area contributed by atoms with Crippen molar-refractivity contribution in [3.63, 3.8) is 0 Å². The second kappa shape index (κ2) is 26.8. The summed E-state index contributed by atoms with van der Waals surface area (Å²) in [6.45, 7) is 15.1. The highest BCUT2D eigenvalue weighted by atomic mass is 16.6. The second-order valence-electron chi connectivity index (χ2n) is 20.0. The van der Waals surface area contributed by atoms with Gasteiger partial charge in [0.25, 0.3) is 0 Å². The van der Waals surface area contributed by atoms with Crippen molar-refractivity contribution in [3.8, 4) is 0 Å². The number of esters is 1. The van der Waals surface area contributed by atoms with Gasteiger partial charge in [0.1, 0.15) is 41.9 Å². The van der Waals surface area contributed by atoms with Gasteiger partial charge in [-0.05, 0) is 54.9 Å². The number of hydrogen-bond acceptors (Lipinski definition) is 13. The molecule has 6 N–H and O–H groups in total. The molecule has 384 valence electrons. The maximum absolute atomic E-state index is 14.9. The van der Waals surface area contributed by atoms with E-state index in [-0.39, 0.29) is 81.6 Å². The average Bonchev–Trinajstić information content (AvgIpc) is 3.85. The van der Waals surface area contributed by atoms with Crippen molar-refractivity contribution < 1.29 is 62.0 Å². The highest BCUT2D eigenvalue weighted by molar-refractivity contribution is 5.99. The second-order valence-corrected chi connectivity index (χ2v) is 20.0. The molecule has 0 radical (unpaired) electrons. The molecule has 2 saturated carbocycles. The van der Waals surface area contributed by atoms with Crippen molar-refractivity contribution in [1.82, 2.24) is 31.9 Å². The first kappa shape index (κ1) is 57.5. The molecular weight excluding hydrogens is 881 g/mol. The van der Waals surface area contributed by atoms with E-state index < -0.39 is 101 Å². The van der Waals surface area contributed by atoms with Gasteiger partial charge >= 0.3 is 12.1 Å². The fraction of sp³-hybridized carbons (Fsp3) is 0.735. The number of amides is 6. The van der Waals surface area contributed by atoms with Crippen molar-refractivity contribution in [1.29, 1.82) is 0 Å². The van der Waals surface area contributed by atoms with Crippen LogP contribution in [0.3, 0.4) is 0 Å². The molecule has 19 nitrogen and oxygen atoms in total. The molecule has 0 aromatic heterocycles. The van der Waals surface area contributed by atoms with Crippen molar-refractivity contribution in [2.45, 2.75) is 173 Å². The molecule has 3 rings (SSSR count). The van der Waals surface area contributed by atoms with Gasteiger partial charge in [-0.2, -0.15) is 0 Å². The molecule has 0 bridgehead atoms. The van der Waals surface area contributed by atoms with E-state index in [4.69, 9.17) is 28.4 Å². The van der Waals surface area contributed by atoms with Crippen molar-refractivity contribution >= 4 is 41.6 Å². The number of nitrogens with one attached hydrogen (secondary N) is 6. The molecule has 68 heavy (non-hydrogen) atoms. The Balaban J connectivity index is 1.92. The van der Waals surface area contributed by atoms with Crippen LogP contribution in [0.25, 0.3) is 0 Å². The molecule has 0 heterocycles. The molecule has 19 heteroatoms. The van der Waals surface area contributed by atoms with Crippen LogP contribution in [0.4, 0.5) is 4.79 Å². The van der Waals surface area contributed by atoms with Crippen molar-refractivity contribution in [3.05, 3.63) is 35.9 Å². The lowest BCUT2D eigenvalue weighted by molar-refractivity contribution is -0.151. The van der Waals surface area contributed by atoms with E-state index in [1.165, 1.54) is 35.5 Å². The van der Waals surface area contributed by atoms with E-state index in [9.17, 15) is 33.6 Å². The van der Waals surface area contributed by atoms with Crippen LogP contribution >= 0.6 is 0 Å². The summed E-state index contributed by atoms with van der Waals surface area (Å²) in [5, 5.41) is 17.1. The monoisotopic (exact) mass is 961 g/mol. The van der Waals surface area contributed by atoms with Gasteiger partial charge < -0.3 is 60.3 Å². The van der Waals surface area contributed by atoms with Crippen LogP contribution < -0.4 is 31.9 Å². The summed E-state index contributed by atoms with van der Waals surface area (Å²) >= 11 is 0. The molecule has 0 spiro atoms. The molecule has 2 aliphatic carbocycles. The standard InChI is InChI=1S/C49H80N6O13/c1-28(2)19-33(41(56)50-36(22-31(7)8)44(59)55-49(46(61)67-13)25-39(65-11)40(26-49)66-12)52-45(60)48(23-37(63-9)38(24-48)64-10)54-43(58)35(21-30(5)6)51-42(57)34(20-29(3)4)53-47(62)68-27-32-17-15-14-16-18-32/h14-18,28-31,33-40H,19-27H2,1-13H3,(H,50,56)(H,51,57)(H,52,60)(H,53,62)(H,54,58)(H,55,59)/t33-,34-,35-,36-,37-,38-,39-,40-/m0/s1. The normalized spacial score (nSPS) is 21.4. The number of hydrogen-bond donors (Lipinski definition) is 6. The van der Waals surface area contributed by atoms with E-state index in [0.29, 0.717) is 0 Å². The Morgan fingerprint density at radius 2 is 0.853 bits per heavy atom. The topological polar surface area (TPSA) is 247 Å². The summed E-state index contributed by atoms with van der Waals surface area (Å²) in [5.41, 5.74) is -2.41. The molecule has 2 aliphatic rings. The average molecular weight is 961 g/mol. The fourth-order valence-corrected chi connectivity index (χ4v) is 9.07. The van der Waals surface area contributed by atoms with Crippen LogP contribution in [-0.4, -0.2) is 137 Å². The van der Waals surface area contributed by atoms with Crippen LogP contribution in [0.2, 0.25) is 0 Å². The quantitative estimate of drug-likeness (QED) is 0.0730. The van der Waals surface area contributed by atoms with Gasteiger partial charge in [-0.1, -0.05) is 85.7 Å². The van der Waals surface area contributed by atoms with E-state index in [2.05, 4.69) is 31.9 Å². The smallest absolute Gasteiger partial charge is 0.408 e. The summed E-state index contributed by atoms with van der Waals surface area (Å²) in [6.07, 6.45) is -2.28. The zero-order valence-corrected chi connectivity index (χ0v) is 42.5. The van der Waals surface area contributed by atoms with E-state index in [1.807, 2.05) is 85.7 Å². The third-order valence-corrected chi connectivity index (χ3v) is 12.5. The van der Waals surface area contributed by atoms with Crippen LogP contribution in [0.1, 0.15) is 112 Å². The zero-order chi connectivity index (χ0) is 50.9. The fourth-order valence-electron chi connectivity index (χ4n) is 9.07. The number of alkyl carbamates (subject to hydrolysis) is 1. The van der Waals surface area contributed by atoms with Gasteiger partial charge in [0.2, 0.25) is 29.5 Å².